The molecule has 0 aliphatic heterocycles. The van der Waals surface area contributed by atoms with Gasteiger partial charge in [0.2, 0.25) is 11.7 Å². The van der Waals surface area contributed by atoms with E-state index in [9.17, 15) is 9.50 Å². The number of phenolic OH excluding ortho intramolecular Hbond substituents is 1. The van der Waals surface area contributed by atoms with Crippen molar-refractivity contribution in [2.45, 2.75) is 6.04 Å². The Morgan fingerprint density at radius 1 is 1.14 bits per heavy atom. The van der Waals surface area contributed by atoms with Crippen molar-refractivity contribution in [3.63, 3.8) is 0 Å². The van der Waals surface area contributed by atoms with E-state index >= 15 is 0 Å². The lowest BCUT2D eigenvalue weighted by Gasteiger charge is -2.05. The number of hydrogen-bond donors (Lipinski definition) is 2. The summed E-state index contributed by atoms with van der Waals surface area (Å²) in [5.41, 5.74) is 7.29. The van der Waals surface area contributed by atoms with Crippen molar-refractivity contribution in [2.24, 2.45) is 5.73 Å². The number of nitrogens with zero attached hydrogens (tertiary/aromatic N) is 2. The molecule has 3 N–H and O–H groups in total. The van der Waals surface area contributed by atoms with Crippen LogP contribution in [-0.2, 0) is 0 Å². The lowest BCUT2D eigenvalue weighted by atomic mass is 10.1. The van der Waals surface area contributed by atoms with Crippen molar-refractivity contribution >= 4 is 0 Å². The third-order valence-electron chi connectivity index (χ3n) is 3.07. The Morgan fingerprint density at radius 3 is 2.62 bits per heavy atom. The molecule has 0 aliphatic rings. The average molecular weight is 285 g/mol. The summed E-state index contributed by atoms with van der Waals surface area (Å²) in [5, 5.41) is 13.0. The van der Waals surface area contributed by atoms with Gasteiger partial charge in [0, 0.05) is 5.56 Å². The van der Waals surface area contributed by atoms with Crippen LogP contribution in [0.5, 0.6) is 5.75 Å². The molecule has 1 heterocycles. The van der Waals surface area contributed by atoms with E-state index in [0.717, 1.165) is 11.6 Å². The van der Waals surface area contributed by atoms with E-state index in [2.05, 4.69) is 10.1 Å². The molecule has 0 saturated carbocycles. The summed E-state index contributed by atoms with van der Waals surface area (Å²) in [7, 11) is 0. The maximum Gasteiger partial charge on any atom is 0.248 e. The molecular formula is C15H12FN3O2. The van der Waals surface area contributed by atoms with E-state index in [0.29, 0.717) is 5.56 Å². The zero-order valence-electron chi connectivity index (χ0n) is 10.9. The SMILES string of the molecule is N[C@H](c1ccccc1)c1nc(-c2ccc(O)c(F)c2)no1. The number of halogens is 1. The van der Waals surface area contributed by atoms with Gasteiger partial charge in [-0.2, -0.15) is 4.98 Å². The van der Waals surface area contributed by atoms with Crippen LogP contribution in [0.25, 0.3) is 11.4 Å². The highest BCUT2D eigenvalue weighted by Crippen LogP contribution is 2.25. The van der Waals surface area contributed by atoms with Crippen LogP contribution in [0.4, 0.5) is 4.39 Å². The van der Waals surface area contributed by atoms with E-state index in [1.807, 2.05) is 30.3 Å². The molecule has 0 amide bonds. The van der Waals surface area contributed by atoms with Crippen LogP contribution in [0.15, 0.2) is 53.1 Å². The molecule has 3 rings (SSSR count). The minimum Gasteiger partial charge on any atom is -0.505 e. The van der Waals surface area contributed by atoms with Gasteiger partial charge < -0.3 is 15.4 Å². The summed E-state index contributed by atoms with van der Waals surface area (Å²) < 4.78 is 18.5. The van der Waals surface area contributed by atoms with Crippen molar-refractivity contribution < 1.29 is 14.0 Å². The Kier molecular flexibility index (Phi) is 3.37. The van der Waals surface area contributed by atoms with Crippen LogP contribution < -0.4 is 5.73 Å². The zero-order chi connectivity index (χ0) is 14.8. The Balaban J connectivity index is 1.91. The van der Waals surface area contributed by atoms with Gasteiger partial charge in [-0.3, -0.25) is 0 Å². The van der Waals surface area contributed by atoms with Crippen LogP contribution in [0, 0.1) is 5.82 Å². The molecule has 0 spiro atoms. The fourth-order valence-corrected chi connectivity index (χ4v) is 1.93. The minimum absolute atomic E-state index is 0.218. The van der Waals surface area contributed by atoms with Gasteiger partial charge in [0.15, 0.2) is 11.6 Å². The van der Waals surface area contributed by atoms with Gasteiger partial charge in [0.1, 0.15) is 6.04 Å². The second-order valence-electron chi connectivity index (χ2n) is 4.51. The zero-order valence-corrected chi connectivity index (χ0v) is 10.9. The molecule has 0 aliphatic carbocycles. The summed E-state index contributed by atoms with van der Waals surface area (Å²) >= 11 is 0. The third kappa shape index (κ3) is 2.61. The van der Waals surface area contributed by atoms with E-state index in [1.165, 1.54) is 12.1 Å². The Labute approximate surface area is 119 Å². The molecule has 21 heavy (non-hydrogen) atoms. The topological polar surface area (TPSA) is 85.2 Å². The van der Waals surface area contributed by atoms with Gasteiger partial charge in [-0.1, -0.05) is 35.5 Å². The standard InChI is InChI=1S/C15H12FN3O2/c16-11-8-10(6-7-12(11)20)14-18-15(21-19-14)13(17)9-4-2-1-3-5-9/h1-8,13,20H,17H2/t13-/m1/s1. The Bertz CT molecular complexity index is 759. The van der Waals surface area contributed by atoms with Gasteiger partial charge in [0.05, 0.1) is 0 Å². The molecule has 5 nitrogen and oxygen atoms in total. The van der Waals surface area contributed by atoms with Gasteiger partial charge in [-0.15, -0.1) is 0 Å². The second-order valence-corrected chi connectivity index (χ2v) is 4.51. The van der Waals surface area contributed by atoms with Crippen LogP contribution in [-0.4, -0.2) is 15.2 Å². The normalized spacial score (nSPS) is 12.3. The van der Waals surface area contributed by atoms with Gasteiger partial charge >= 0.3 is 0 Å². The summed E-state index contributed by atoms with van der Waals surface area (Å²) in [6.07, 6.45) is 0. The lowest BCUT2D eigenvalue weighted by Crippen LogP contribution is -2.11. The quantitative estimate of drug-likeness (QED) is 0.772. The molecule has 0 bridgehead atoms. The maximum atomic E-state index is 13.3. The van der Waals surface area contributed by atoms with Crippen LogP contribution in [0.1, 0.15) is 17.5 Å². The first-order valence-electron chi connectivity index (χ1n) is 6.28. The predicted molar refractivity (Wildman–Crippen MR) is 73.8 cm³/mol. The minimum atomic E-state index is -0.744. The number of aromatic nitrogens is 2. The van der Waals surface area contributed by atoms with E-state index < -0.39 is 17.6 Å². The number of rotatable bonds is 3. The van der Waals surface area contributed by atoms with Gasteiger partial charge in [-0.05, 0) is 23.8 Å². The van der Waals surface area contributed by atoms with E-state index in [-0.39, 0.29) is 11.7 Å². The van der Waals surface area contributed by atoms with Gasteiger partial charge in [-0.25, -0.2) is 4.39 Å². The fourth-order valence-electron chi connectivity index (χ4n) is 1.93. The highest BCUT2D eigenvalue weighted by Gasteiger charge is 2.17. The van der Waals surface area contributed by atoms with E-state index in [1.54, 1.807) is 0 Å². The number of hydrogen-bond acceptors (Lipinski definition) is 5. The van der Waals surface area contributed by atoms with Crippen LogP contribution >= 0.6 is 0 Å². The number of aromatic hydroxyl groups is 1. The van der Waals surface area contributed by atoms with Crippen molar-refractivity contribution in [2.75, 3.05) is 0 Å². The van der Waals surface area contributed by atoms with Crippen molar-refractivity contribution in [1.29, 1.82) is 0 Å². The largest absolute Gasteiger partial charge is 0.505 e. The first-order chi connectivity index (χ1) is 10.1. The number of nitrogens with two attached hydrogens (primary N) is 1. The van der Waals surface area contributed by atoms with Crippen LogP contribution in [0.3, 0.4) is 0 Å². The van der Waals surface area contributed by atoms with Gasteiger partial charge in [0.25, 0.3) is 0 Å². The van der Waals surface area contributed by atoms with Crippen molar-refractivity contribution in [3.05, 3.63) is 65.8 Å². The average Bonchev–Trinajstić information content (AvgIpc) is 3.00. The molecule has 0 saturated heterocycles. The number of phenols is 1. The lowest BCUT2D eigenvalue weighted by molar-refractivity contribution is 0.367. The monoisotopic (exact) mass is 285 g/mol. The second kappa shape index (κ2) is 5.34. The highest BCUT2D eigenvalue weighted by atomic mass is 19.1. The molecule has 1 aromatic heterocycles. The third-order valence-corrected chi connectivity index (χ3v) is 3.07. The molecule has 0 radical (unpaired) electrons. The maximum absolute atomic E-state index is 13.3. The van der Waals surface area contributed by atoms with E-state index in [4.69, 9.17) is 10.3 Å². The Hall–Kier alpha value is -2.73. The summed E-state index contributed by atoms with van der Waals surface area (Å²) in [5.74, 6) is -0.713. The highest BCUT2D eigenvalue weighted by molar-refractivity contribution is 5.56. The first-order valence-corrected chi connectivity index (χ1v) is 6.28. The molecule has 2 aromatic carbocycles. The van der Waals surface area contributed by atoms with Crippen molar-refractivity contribution in [3.8, 4) is 17.1 Å². The first kappa shape index (κ1) is 13.3. The predicted octanol–water partition coefficient (Wildman–Crippen LogP) is 2.63. The summed E-state index contributed by atoms with van der Waals surface area (Å²) in [4.78, 5) is 4.18. The molecule has 0 unspecified atom stereocenters. The Morgan fingerprint density at radius 2 is 1.90 bits per heavy atom. The molecule has 3 aromatic rings. The molecular weight excluding hydrogens is 273 g/mol. The molecule has 1 atom stereocenters. The smallest absolute Gasteiger partial charge is 0.248 e. The molecule has 106 valence electrons. The fraction of sp³-hybridized carbons (Fsp3) is 0.0667. The summed E-state index contributed by atoms with van der Waals surface area (Å²) in [6.45, 7) is 0. The summed E-state index contributed by atoms with van der Waals surface area (Å²) in [6, 6.07) is 12.6. The van der Waals surface area contributed by atoms with Crippen LogP contribution in [0.2, 0.25) is 0 Å². The molecule has 0 fully saturated rings. The molecule has 6 heteroatoms. The number of benzene rings is 2. The van der Waals surface area contributed by atoms with Crippen molar-refractivity contribution in [1.82, 2.24) is 10.1 Å².